The Morgan fingerprint density at radius 2 is 1.73 bits per heavy atom. The average molecular weight is 405 g/mol. The number of hydrogen-bond donors (Lipinski definition) is 0. The second-order valence-electron chi connectivity index (χ2n) is 6.70. The molecule has 0 spiro atoms. The van der Waals surface area contributed by atoms with E-state index in [0.717, 1.165) is 23.1 Å². The maximum atomic E-state index is 5.28. The SMILES string of the molecule is COc1ccc(CC2CC=C(c3ccccc3)c3ccc(Br)cc32)cc1. The highest BCUT2D eigenvalue weighted by atomic mass is 79.9. The summed E-state index contributed by atoms with van der Waals surface area (Å²) in [5.74, 6) is 1.40. The van der Waals surface area contributed by atoms with Gasteiger partial charge >= 0.3 is 0 Å². The van der Waals surface area contributed by atoms with Crippen molar-refractivity contribution in [1.82, 2.24) is 0 Å². The minimum Gasteiger partial charge on any atom is -0.497 e. The molecular formula is C24H21BrO. The summed E-state index contributed by atoms with van der Waals surface area (Å²) < 4.78 is 6.42. The van der Waals surface area contributed by atoms with E-state index in [-0.39, 0.29) is 0 Å². The molecule has 1 atom stereocenters. The van der Waals surface area contributed by atoms with E-state index in [4.69, 9.17) is 4.74 Å². The van der Waals surface area contributed by atoms with Crippen LogP contribution in [-0.2, 0) is 6.42 Å². The van der Waals surface area contributed by atoms with Crippen molar-refractivity contribution in [1.29, 1.82) is 0 Å². The number of methoxy groups -OCH3 is 1. The highest BCUT2D eigenvalue weighted by Crippen LogP contribution is 2.40. The van der Waals surface area contributed by atoms with Gasteiger partial charge < -0.3 is 4.74 Å². The second-order valence-corrected chi connectivity index (χ2v) is 7.62. The number of hydrogen-bond acceptors (Lipinski definition) is 1. The van der Waals surface area contributed by atoms with Gasteiger partial charge in [-0.2, -0.15) is 0 Å². The lowest BCUT2D eigenvalue weighted by atomic mass is 9.78. The van der Waals surface area contributed by atoms with Gasteiger partial charge in [0, 0.05) is 4.47 Å². The van der Waals surface area contributed by atoms with E-state index in [1.54, 1.807) is 7.11 Å². The number of rotatable bonds is 4. The van der Waals surface area contributed by atoms with Gasteiger partial charge in [-0.3, -0.25) is 0 Å². The molecule has 26 heavy (non-hydrogen) atoms. The molecule has 2 heteroatoms. The first-order valence-corrected chi connectivity index (χ1v) is 9.72. The Morgan fingerprint density at radius 3 is 2.46 bits per heavy atom. The first kappa shape index (κ1) is 17.1. The molecule has 0 aliphatic heterocycles. The molecule has 1 unspecified atom stereocenters. The Balaban J connectivity index is 1.68. The van der Waals surface area contributed by atoms with Crippen molar-refractivity contribution in [3.8, 4) is 5.75 Å². The highest BCUT2D eigenvalue weighted by molar-refractivity contribution is 9.10. The zero-order valence-electron chi connectivity index (χ0n) is 14.8. The van der Waals surface area contributed by atoms with Crippen LogP contribution >= 0.6 is 15.9 Å². The lowest BCUT2D eigenvalue weighted by molar-refractivity contribution is 0.414. The lowest BCUT2D eigenvalue weighted by Crippen LogP contribution is -2.10. The summed E-state index contributed by atoms with van der Waals surface area (Å²) in [7, 11) is 1.71. The van der Waals surface area contributed by atoms with Gasteiger partial charge in [0.1, 0.15) is 5.75 Å². The Bertz CT molecular complexity index is 926. The molecule has 3 aromatic carbocycles. The number of fused-ring (bicyclic) bond motifs is 1. The predicted molar refractivity (Wildman–Crippen MR) is 112 cm³/mol. The van der Waals surface area contributed by atoms with Crippen LogP contribution in [0.2, 0.25) is 0 Å². The number of benzene rings is 3. The number of allylic oxidation sites excluding steroid dienone is 1. The third-order valence-corrected chi connectivity index (χ3v) is 5.57. The number of halogens is 1. The van der Waals surface area contributed by atoms with Gasteiger partial charge in [-0.15, -0.1) is 0 Å². The fourth-order valence-electron chi connectivity index (χ4n) is 3.74. The largest absolute Gasteiger partial charge is 0.497 e. The van der Waals surface area contributed by atoms with E-state index in [1.165, 1.54) is 27.8 Å². The quantitative estimate of drug-likeness (QED) is 0.474. The smallest absolute Gasteiger partial charge is 0.118 e. The zero-order valence-corrected chi connectivity index (χ0v) is 16.4. The summed E-state index contributed by atoms with van der Waals surface area (Å²) in [5.41, 5.74) is 6.76. The van der Waals surface area contributed by atoms with Gasteiger partial charge in [0.05, 0.1) is 7.11 Å². The Kier molecular flexibility index (Phi) is 4.94. The molecule has 130 valence electrons. The summed E-state index contributed by atoms with van der Waals surface area (Å²) in [4.78, 5) is 0. The van der Waals surface area contributed by atoms with E-state index < -0.39 is 0 Å². The third kappa shape index (κ3) is 3.47. The minimum atomic E-state index is 0.489. The molecule has 0 bridgehead atoms. The van der Waals surface area contributed by atoms with Gasteiger partial charge in [-0.1, -0.05) is 70.5 Å². The van der Waals surface area contributed by atoms with Gasteiger partial charge in [0.2, 0.25) is 0 Å². The second kappa shape index (κ2) is 7.51. The molecule has 1 aliphatic carbocycles. The molecule has 0 aromatic heterocycles. The van der Waals surface area contributed by atoms with Crippen molar-refractivity contribution in [2.75, 3.05) is 7.11 Å². The molecule has 0 N–H and O–H groups in total. The van der Waals surface area contributed by atoms with Gasteiger partial charge in [0.15, 0.2) is 0 Å². The van der Waals surface area contributed by atoms with Crippen molar-refractivity contribution in [3.63, 3.8) is 0 Å². The van der Waals surface area contributed by atoms with Crippen LogP contribution in [0.3, 0.4) is 0 Å². The minimum absolute atomic E-state index is 0.489. The normalized spacial score (nSPS) is 15.9. The molecule has 4 rings (SSSR count). The van der Waals surface area contributed by atoms with Gasteiger partial charge in [0.25, 0.3) is 0 Å². The summed E-state index contributed by atoms with van der Waals surface area (Å²) >= 11 is 3.66. The third-order valence-electron chi connectivity index (χ3n) is 5.08. The Morgan fingerprint density at radius 1 is 0.962 bits per heavy atom. The number of ether oxygens (including phenoxy) is 1. The predicted octanol–water partition coefficient (Wildman–Crippen LogP) is 6.62. The molecule has 0 heterocycles. The van der Waals surface area contributed by atoms with E-state index in [2.05, 4.69) is 82.7 Å². The average Bonchev–Trinajstić information content (AvgIpc) is 2.69. The summed E-state index contributed by atoms with van der Waals surface area (Å²) in [6, 6.07) is 25.8. The van der Waals surface area contributed by atoms with Crippen LogP contribution in [0.15, 0.2) is 83.3 Å². The van der Waals surface area contributed by atoms with Crippen LogP contribution in [0.1, 0.15) is 34.6 Å². The van der Waals surface area contributed by atoms with Crippen LogP contribution in [0.25, 0.3) is 5.57 Å². The van der Waals surface area contributed by atoms with E-state index >= 15 is 0 Å². The fraction of sp³-hybridized carbons (Fsp3) is 0.167. The molecule has 0 radical (unpaired) electrons. The van der Waals surface area contributed by atoms with Crippen LogP contribution in [0.4, 0.5) is 0 Å². The molecule has 0 fully saturated rings. The maximum Gasteiger partial charge on any atom is 0.118 e. The molecule has 0 saturated carbocycles. The highest BCUT2D eigenvalue weighted by Gasteiger charge is 2.23. The fourth-order valence-corrected chi connectivity index (χ4v) is 4.12. The van der Waals surface area contributed by atoms with Crippen molar-refractivity contribution < 1.29 is 4.74 Å². The summed E-state index contributed by atoms with van der Waals surface area (Å²) in [6.45, 7) is 0. The zero-order chi connectivity index (χ0) is 17.9. The first-order chi connectivity index (χ1) is 12.7. The molecule has 3 aromatic rings. The molecular weight excluding hydrogens is 384 g/mol. The van der Waals surface area contributed by atoms with E-state index in [0.29, 0.717) is 5.92 Å². The summed E-state index contributed by atoms with van der Waals surface area (Å²) in [5, 5.41) is 0. The van der Waals surface area contributed by atoms with Crippen molar-refractivity contribution in [2.45, 2.75) is 18.8 Å². The van der Waals surface area contributed by atoms with Crippen molar-refractivity contribution >= 4 is 21.5 Å². The Labute approximate surface area is 163 Å². The summed E-state index contributed by atoms with van der Waals surface area (Å²) in [6.07, 6.45) is 4.49. The van der Waals surface area contributed by atoms with Crippen LogP contribution in [0, 0.1) is 0 Å². The Hall–Kier alpha value is -2.32. The molecule has 0 saturated heterocycles. The van der Waals surface area contributed by atoms with Gasteiger partial charge in [-0.05, 0) is 70.9 Å². The van der Waals surface area contributed by atoms with Crippen LogP contribution in [0.5, 0.6) is 5.75 Å². The molecule has 0 amide bonds. The maximum absolute atomic E-state index is 5.28. The topological polar surface area (TPSA) is 9.23 Å². The molecule has 1 nitrogen and oxygen atoms in total. The monoisotopic (exact) mass is 404 g/mol. The van der Waals surface area contributed by atoms with Crippen LogP contribution < -0.4 is 4.74 Å². The lowest BCUT2D eigenvalue weighted by Gasteiger charge is -2.26. The van der Waals surface area contributed by atoms with Gasteiger partial charge in [-0.25, -0.2) is 0 Å². The van der Waals surface area contributed by atoms with E-state index in [9.17, 15) is 0 Å². The van der Waals surface area contributed by atoms with Crippen molar-refractivity contribution in [3.05, 3.63) is 106 Å². The molecule has 1 aliphatic rings. The standard InChI is InChI=1S/C24H21BrO/c1-26-21-11-7-17(8-12-21)15-19-9-13-22(18-5-3-2-4-6-18)23-14-10-20(25)16-24(19)23/h2-8,10-14,16,19H,9,15H2,1H3. The van der Waals surface area contributed by atoms with Crippen LogP contribution in [-0.4, -0.2) is 7.11 Å². The van der Waals surface area contributed by atoms with E-state index in [1.807, 2.05) is 12.1 Å². The first-order valence-electron chi connectivity index (χ1n) is 8.93. The van der Waals surface area contributed by atoms with Crippen molar-refractivity contribution in [2.24, 2.45) is 0 Å².